The molecule has 0 fully saturated rings. The molecule has 3 nitrogen and oxygen atoms in total. The van der Waals surface area contributed by atoms with Gasteiger partial charge in [0.05, 0.1) is 13.2 Å². The van der Waals surface area contributed by atoms with Gasteiger partial charge in [-0.15, -0.1) is 0 Å². The Kier molecular flexibility index (Phi) is 8.20. The second-order valence-electron chi connectivity index (χ2n) is 5.96. The maximum Gasteiger partial charge on any atom is 0.161 e. The summed E-state index contributed by atoms with van der Waals surface area (Å²) in [5.41, 5.74) is 3.51. The molecule has 23 heavy (non-hydrogen) atoms. The van der Waals surface area contributed by atoms with Crippen molar-refractivity contribution in [2.45, 2.75) is 46.1 Å². The molecule has 0 amide bonds. The zero-order valence-corrected chi connectivity index (χ0v) is 14.5. The molecular formula is C20H28O3. The smallest absolute Gasteiger partial charge is 0.161 e. The van der Waals surface area contributed by atoms with Gasteiger partial charge >= 0.3 is 0 Å². The molecule has 1 unspecified atom stereocenters. The summed E-state index contributed by atoms with van der Waals surface area (Å²) in [5.74, 6) is 0.539. The van der Waals surface area contributed by atoms with E-state index < -0.39 is 6.10 Å². The molecule has 0 radical (unpaired) electrons. The highest BCUT2D eigenvalue weighted by atomic mass is 16.5. The summed E-state index contributed by atoms with van der Waals surface area (Å²) in [7, 11) is 1.51. The van der Waals surface area contributed by atoms with Gasteiger partial charge in [-0.05, 0) is 57.7 Å². The Hall–Kier alpha value is -2.00. The van der Waals surface area contributed by atoms with Gasteiger partial charge in [-0.3, -0.25) is 0 Å². The van der Waals surface area contributed by atoms with E-state index in [1.165, 1.54) is 18.3 Å². The molecule has 0 aliphatic rings. The van der Waals surface area contributed by atoms with Crippen molar-refractivity contribution in [3.8, 4) is 11.5 Å². The lowest BCUT2D eigenvalue weighted by atomic mass is 10.1. The van der Waals surface area contributed by atoms with Crippen LogP contribution in [0.2, 0.25) is 0 Å². The third-order valence-electron chi connectivity index (χ3n) is 3.51. The summed E-state index contributed by atoms with van der Waals surface area (Å²) in [6, 6.07) is 5.10. The molecule has 0 aliphatic heterocycles. The average Bonchev–Trinajstić information content (AvgIpc) is 2.51. The zero-order chi connectivity index (χ0) is 17.2. The van der Waals surface area contributed by atoms with E-state index in [1.807, 2.05) is 6.08 Å². The molecule has 0 heterocycles. The van der Waals surface area contributed by atoms with Gasteiger partial charge in [-0.25, -0.2) is 0 Å². The fourth-order valence-corrected chi connectivity index (χ4v) is 2.11. The van der Waals surface area contributed by atoms with Crippen LogP contribution < -0.4 is 4.74 Å². The predicted octanol–water partition coefficient (Wildman–Crippen LogP) is 4.86. The summed E-state index contributed by atoms with van der Waals surface area (Å²) >= 11 is 0. The van der Waals surface area contributed by atoms with Crippen molar-refractivity contribution in [3.05, 3.63) is 53.1 Å². The van der Waals surface area contributed by atoms with Gasteiger partial charge in [0.2, 0.25) is 0 Å². The molecule has 0 spiro atoms. The van der Waals surface area contributed by atoms with Gasteiger partial charge in [0, 0.05) is 0 Å². The molecule has 0 saturated carbocycles. The van der Waals surface area contributed by atoms with Crippen LogP contribution in [0, 0.1) is 0 Å². The molecule has 126 valence electrons. The topological polar surface area (TPSA) is 49.7 Å². The van der Waals surface area contributed by atoms with E-state index in [2.05, 4.69) is 32.9 Å². The molecule has 1 rings (SSSR count). The van der Waals surface area contributed by atoms with E-state index in [1.54, 1.807) is 24.3 Å². The fraction of sp³-hybridized carbons (Fsp3) is 0.400. The van der Waals surface area contributed by atoms with Crippen molar-refractivity contribution in [2.75, 3.05) is 7.11 Å². The highest BCUT2D eigenvalue weighted by Gasteiger charge is 2.02. The molecule has 0 aliphatic carbocycles. The van der Waals surface area contributed by atoms with Crippen molar-refractivity contribution in [2.24, 2.45) is 0 Å². The third-order valence-corrected chi connectivity index (χ3v) is 3.51. The lowest BCUT2D eigenvalue weighted by molar-refractivity contribution is 0.227. The first kappa shape index (κ1) is 19.0. The van der Waals surface area contributed by atoms with Crippen molar-refractivity contribution < 1.29 is 14.9 Å². The Labute approximate surface area is 139 Å². The number of aliphatic hydroxyl groups excluding tert-OH is 1. The lowest BCUT2D eigenvalue weighted by Gasteiger charge is -2.05. The highest BCUT2D eigenvalue weighted by molar-refractivity contribution is 5.55. The number of benzene rings is 1. The Morgan fingerprint density at radius 2 is 1.96 bits per heavy atom. The minimum Gasteiger partial charge on any atom is -0.504 e. The van der Waals surface area contributed by atoms with E-state index in [0.29, 0.717) is 12.2 Å². The number of methoxy groups -OCH3 is 1. The predicted molar refractivity (Wildman–Crippen MR) is 96.7 cm³/mol. The van der Waals surface area contributed by atoms with Gasteiger partial charge in [0.15, 0.2) is 11.5 Å². The minimum absolute atomic E-state index is 0.111. The van der Waals surface area contributed by atoms with Crippen LogP contribution >= 0.6 is 0 Å². The number of ether oxygens (including phenoxy) is 1. The SMILES string of the molecule is COc1cc(/C=C/C(O)C/C=C(\C)CCC=C(C)C)ccc1O. The highest BCUT2D eigenvalue weighted by Crippen LogP contribution is 2.26. The first-order valence-corrected chi connectivity index (χ1v) is 7.94. The summed E-state index contributed by atoms with van der Waals surface area (Å²) in [5, 5.41) is 19.6. The number of rotatable bonds is 8. The number of aromatic hydroxyl groups is 1. The fourth-order valence-electron chi connectivity index (χ4n) is 2.11. The van der Waals surface area contributed by atoms with Crippen LogP contribution in [0.15, 0.2) is 47.6 Å². The van der Waals surface area contributed by atoms with Crippen LogP contribution in [0.25, 0.3) is 6.08 Å². The zero-order valence-electron chi connectivity index (χ0n) is 14.5. The van der Waals surface area contributed by atoms with E-state index >= 15 is 0 Å². The number of hydrogen-bond donors (Lipinski definition) is 2. The number of phenolic OH excluding ortho intramolecular Hbond substituents is 1. The van der Waals surface area contributed by atoms with Gasteiger partial charge in [0.1, 0.15) is 0 Å². The van der Waals surface area contributed by atoms with Gasteiger partial charge < -0.3 is 14.9 Å². The standard InChI is InChI=1S/C20H28O3/c1-15(2)6-5-7-16(3)8-11-18(21)12-9-17-10-13-19(22)20(14-17)23-4/h6,8-10,12-14,18,21-22H,5,7,11H2,1-4H3/b12-9+,16-8+. The normalized spacial score (nSPS) is 13.2. The Bertz CT molecular complexity index is 579. The van der Waals surface area contributed by atoms with Crippen LogP contribution in [0.1, 0.15) is 45.6 Å². The van der Waals surface area contributed by atoms with Crippen LogP contribution in [-0.2, 0) is 0 Å². The van der Waals surface area contributed by atoms with Gasteiger partial charge in [-0.1, -0.05) is 41.5 Å². The largest absolute Gasteiger partial charge is 0.504 e. The van der Waals surface area contributed by atoms with Crippen molar-refractivity contribution >= 4 is 6.08 Å². The van der Waals surface area contributed by atoms with Crippen molar-refractivity contribution in [1.29, 1.82) is 0 Å². The molecule has 1 atom stereocenters. The molecule has 1 aromatic rings. The van der Waals surface area contributed by atoms with E-state index in [4.69, 9.17) is 4.74 Å². The van der Waals surface area contributed by atoms with Crippen molar-refractivity contribution in [1.82, 2.24) is 0 Å². The van der Waals surface area contributed by atoms with Crippen LogP contribution in [0.3, 0.4) is 0 Å². The number of hydrogen-bond acceptors (Lipinski definition) is 3. The summed E-state index contributed by atoms with van der Waals surface area (Å²) in [4.78, 5) is 0. The Morgan fingerprint density at radius 3 is 2.61 bits per heavy atom. The monoisotopic (exact) mass is 316 g/mol. The van der Waals surface area contributed by atoms with Gasteiger partial charge in [-0.2, -0.15) is 0 Å². The van der Waals surface area contributed by atoms with E-state index in [9.17, 15) is 10.2 Å². The number of aliphatic hydroxyl groups is 1. The second-order valence-corrected chi connectivity index (χ2v) is 5.96. The first-order valence-electron chi connectivity index (χ1n) is 7.94. The van der Waals surface area contributed by atoms with E-state index in [0.717, 1.165) is 18.4 Å². The first-order chi connectivity index (χ1) is 10.9. The average molecular weight is 316 g/mol. The van der Waals surface area contributed by atoms with Crippen molar-refractivity contribution in [3.63, 3.8) is 0 Å². The summed E-state index contributed by atoms with van der Waals surface area (Å²) in [6.07, 6.45) is 10.1. The molecular weight excluding hydrogens is 288 g/mol. The van der Waals surface area contributed by atoms with Crippen LogP contribution in [0.4, 0.5) is 0 Å². The summed E-state index contributed by atoms with van der Waals surface area (Å²) in [6.45, 7) is 6.30. The van der Waals surface area contributed by atoms with Gasteiger partial charge in [0.25, 0.3) is 0 Å². The minimum atomic E-state index is -0.520. The Morgan fingerprint density at radius 1 is 1.22 bits per heavy atom. The second kappa shape index (κ2) is 9.90. The number of allylic oxidation sites excluding steroid dienone is 3. The van der Waals surface area contributed by atoms with Crippen LogP contribution in [-0.4, -0.2) is 23.4 Å². The summed E-state index contributed by atoms with van der Waals surface area (Å²) < 4.78 is 5.07. The third kappa shape index (κ3) is 7.71. The molecule has 3 heteroatoms. The molecule has 2 N–H and O–H groups in total. The number of phenols is 1. The molecule has 0 aromatic heterocycles. The molecule has 0 bridgehead atoms. The molecule has 0 saturated heterocycles. The van der Waals surface area contributed by atoms with Crippen LogP contribution in [0.5, 0.6) is 11.5 Å². The maximum absolute atomic E-state index is 10.0. The Balaban J connectivity index is 2.52. The maximum atomic E-state index is 10.0. The molecule has 1 aromatic carbocycles. The quantitative estimate of drug-likeness (QED) is 0.674. The lowest BCUT2D eigenvalue weighted by Crippen LogP contribution is -1.99. The van der Waals surface area contributed by atoms with E-state index in [-0.39, 0.29) is 5.75 Å².